The maximum absolute atomic E-state index is 11.3. The van der Waals surface area contributed by atoms with Crippen molar-refractivity contribution in [2.45, 2.75) is 6.61 Å². The number of hydrogen-bond acceptors (Lipinski definition) is 6. The van der Waals surface area contributed by atoms with Crippen LogP contribution in [0.15, 0.2) is 30.3 Å². The number of aliphatic hydroxyl groups excluding tert-OH is 1. The molecule has 1 amide bonds. The van der Waals surface area contributed by atoms with E-state index in [1.807, 2.05) is 30.3 Å². The van der Waals surface area contributed by atoms with Crippen LogP contribution in [0, 0.1) is 0 Å². The fourth-order valence-electron chi connectivity index (χ4n) is 1.07. The Morgan fingerprint density at radius 2 is 1.95 bits per heavy atom. The first kappa shape index (κ1) is 21.7. The second kappa shape index (κ2) is 14.8. The fraction of sp³-hybridized carbons (Fsp3) is 0.417. The van der Waals surface area contributed by atoms with E-state index >= 15 is 0 Å². The van der Waals surface area contributed by atoms with Gasteiger partial charge < -0.3 is 25.7 Å². The molecule has 1 aromatic carbocycles. The molecule has 7 nitrogen and oxygen atoms in total. The summed E-state index contributed by atoms with van der Waals surface area (Å²) in [6.07, 6.45) is -0.423. The minimum atomic E-state index is -0.423. The zero-order valence-corrected chi connectivity index (χ0v) is 14.4. The largest absolute Gasteiger partial charge is 0.445 e. The summed E-state index contributed by atoms with van der Waals surface area (Å²) in [4.78, 5) is 12.6. The second-order valence-corrected chi connectivity index (χ2v) is 3.55. The van der Waals surface area contributed by atoms with Crippen molar-refractivity contribution in [3.63, 3.8) is 0 Å². The molecule has 5 N–H and O–H groups in total. The van der Waals surface area contributed by atoms with Crippen molar-refractivity contribution in [2.24, 2.45) is 5.73 Å². The number of nitrogens with one attached hydrogen (secondary N) is 1. The second-order valence-electron chi connectivity index (χ2n) is 3.55. The standard InChI is InChI=1S/C11H15NO3.CH6N2O.Y/c1-12(7-8-13)11(14)15-9-10-5-3-2-4-6-10;2-1-3-4;/h2-6,13H,7-9H2,1H3;3-4H,1-2H2;. The normalized spacial score (nSPS) is 8.80. The van der Waals surface area contributed by atoms with Crippen molar-refractivity contribution in [3.05, 3.63) is 35.9 Å². The number of hydrogen-bond donors (Lipinski definition) is 4. The molecule has 8 heteroatoms. The van der Waals surface area contributed by atoms with Gasteiger partial charge in [-0.1, -0.05) is 30.3 Å². The smallest absolute Gasteiger partial charge is 0.409 e. The van der Waals surface area contributed by atoms with Gasteiger partial charge >= 0.3 is 6.09 Å². The number of benzene rings is 1. The first-order valence-corrected chi connectivity index (χ1v) is 5.75. The molecule has 0 spiro atoms. The molecule has 0 fully saturated rings. The molecule has 1 aromatic rings. The summed E-state index contributed by atoms with van der Waals surface area (Å²) in [5, 5.41) is 16.1. The molecule has 0 heterocycles. The van der Waals surface area contributed by atoms with Crippen LogP contribution in [-0.4, -0.2) is 48.2 Å². The van der Waals surface area contributed by atoms with Crippen LogP contribution in [-0.2, 0) is 44.1 Å². The van der Waals surface area contributed by atoms with Crippen molar-refractivity contribution < 1.29 is 52.6 Å². The molecular formula is C12H21N3O4Y. The maximum Gasteiger partial charge on any atom is 0.409 e. The van der Waals surface area contributed by atoms with Gasteiger partial charge in [-0.2, -0.15) is 5.48 Å². The zero-order chi connectivity index (χ0) is 14.5. The topological polar surface area (TPSA) is 108 Å². The van der Waals surface area contributed by atoms with E-state index in [1.54, 1.807) is 12.5 Å². The predicted octanol–water partition coefficient (Wildman–Crippen LogP) is 0.126. The van der Waals surface area contributed by atoms with Crippen LogP contribution in [0.2, 0.25) is 0 Å². The molecule has 1 radical (unpaired) electrons. The molecule has 0 aliphatic heterocycles. The van der Waals surface area contributed by atoms with Crippen LogP contribution in [0.1, 0.15) is 5.56 Å². The van der Waals surface area contributed by atoms with Crippen LogP contribution in [0.3, 0.4) is 0 Å². The van der Waals surface area contributed by atoms with E-state index in [1.165, 1.54) is 4.90 Å². The number of nitrogens with zero attached hydrogens (tertiary/aromatic N) is 1. The van der Waals surface area contributed by atoms with E-state index in [-0.39, 0.29) is 59.1 Å². The van der Waals surface area contributed by atoms with Crippen molar-refractivity contribution in [1.82, 2.24) is 10.4 Å². The van der Waals surface area contributed by atoms with Crippen molar-refractivity contribution in [1.29, 1.82) is 0 Å². The molecule has 0 atom stereocenters. The molecule has 0 saturated carbocycles. The minimum absolute atomic E-state index is 0. The van der Waals surface area contributed by atoms with E-state index in [9.17, 15) is 4.79 Å². The Bertz CT molecular complexity index is 339. The first-order chi connectivity index (χ1) is 9.15. The van der Waals surface area contributed by atoms with Gasteiger partial charge in [-0.05, 0) is 5.56 Å². The van der Waals surface area contributed by atoms with Gasteiger partial charge in [0, 0.05) is 46.3 Å². The third-order valence-electron chi connectivity index (χ3n) is 2.04. The predicted molar refractivity (Wildman–Crippen MR) is 70.3 cm³/mol. The van der Waals surface area contributed by atoms with E-state index in [0.717, 1.165) is 5.56 Å². The molecule has 20 heavy (non-hydrogen) atoms. The van der Waals surface area contributed by atoms with Crippen LogP contribution < -0.4 is 11.2 Å². The Morgan fingerprint density at radius 3 is 2.40 bits per heavy atom. The Morgan fingerprint density at radius 1 is 1.40 bits per heavy atom. The number of ether oxygens (including phenoxy) is 1. The summed E-state index contributed by atoms with van der Waals surface area (Å²) in [7, 11) is 1.59. The maximum atomic E-state index is 11.3. The van der Waals surface area contributed by atoms with Gasteiger partial charge in [-0.3, -0.25) is 0 Å². The van der Waals surface area contributed by atoms with E-state index < -0.39 is 6.09 Å². The average Bonchev–Trinajstić information content (AvgIpc) is 2.46. The third kappa shape index (κ3) is 11.3. The fourth-order valence-corrected chi connectivity index (χ4v) is 1.07. The number of carbonyl (C=O) groups is 1. The van der Waals surface area contributed by atoms with Crippen molar-refractivity contribution >= 4 is 6.09 Å². The number of amides is 1. The number of nitrogens with two attached hydrogens (primary N) is 1. The molecule has 0 saturated heterocycles. The van der Waals surface area contributed by atoms with Gasteiger partial charge in [-0.15, -0.1) is 0 Å². The van der Waals surface area contributed by atoms with Crippen LogP contribution >= 0.6 is 0 Å². The molecule has 111 valence electrons. The van der Waals surface area contributed by atoms with Crippen LogP contribution in [0.4, 0.5) is 4.79 Å². The van der Waals surface area contributed by atoms with Gasteiger partial charge in [0.15, 0.2) is 0 Å². The van der Waals surface area contributed by atoms with Gasteiger partial charge in [0.05, 0.1) is 13.3 Å². The monoisotopic (exact) mass is 360 g/mol. The van der Waals surface area contributed by atoms with Gasteiger partial charge in [0.25, 0.3) is 0 Å². The Balaban J connectivity index is 0. The Kier molecular flexibility index (Phi) is 16.1. The summed E-state index contributed by atoms with van der Waals surface area (Å²) in [5.41, 5.74) is 7.32. The molecule has 1 rings (SSSR count). The van der Waals surface area contributed by atoms with Gasteiger partial charge in [0.2, 0.25) is 0 Å². The molecule has 0 aliphatic carbocycles. The van der Waals surface area contributed by atoms with Crippen molar-refractivity contribution in [3.8, 4) is 0 Å². The minimum Gasteiger partial charge on any atom is -0.445 e. The van der Waals surface area contributed by atoms with E-state index in [4.69, 9.17) is 15.1 Å². The number of aliphatic hydroxyl groups is 1. The van der Waals surface area contributed by atoms with E-state index in [2.05, 4.69) is 5.73 Å². The number of carbonyl (C=O) groups excluding carboxylic acids is 1. The molecule has 0 aliphatic rings. The Labute approximate surface area is 143 Å². The van der Waals surface area contributed by atoms with Crippen molar-refractivity contribution in [2.75, 3.05) is 26.9 Å². The number of hydroxylamine groups is 1. The summed E-state index contributed by atoms with van der Waals surface area (Å²) >= 11 is 0. The molecule has 0 bridgehead atoms. The van der Waals surface area contributed by atoms with E-state index in [0.29, 0.717) is 0 Å². The summed E-state index contributed by atoms with van der Waals surface area (Å²) in [6, 6.07) is 9.46. The van der Waals surface area contributed by atoms with Crippen LogP contribution in [0.25, 0.3) is 0 Å². The van der Waals surface area contributed by atoms with Gasteiger partial charge in [-0.25, -0.2) is 4.79 Å². The summed E-state index contributed by atoms with van der Waals surface area (Å²) < 4.78 is 5.02. The quantitative estimate of drug-likeness (QED) is 0.439. The summed E-state index contributed by atoms with van der Waals surface area (Å²) in [6.45, 7) is 0.611. The first-order valence-electron chi connectivity index (χ1n) is 5.75. The molecule has 0 unspecified atom stereocenters. The Hall–Kier alpha value is -0.566. The van der Waals surface area contributed by atoms with Gasteiger partial charge in [0.1, 0.15) is 6.61 Å². The SMILES string of the molecule is CN(CCO)C(=O)OCc1ccccc1.NCNO.[Y]. The molecule has 0 aromatic heterocycles. The summed E-state index contributed by atoms with van der Waals surface area (Å²) in [5.74, 6) is 0. The zero-order valence-electron chi connectivity index (χ0n) is 11.5. The average molecular weight is 360 g/mol. The number of likely N-dealkylation sites (N-methyl/N-ethyl adjacent to an activating group) is 1. The van der Waals surface area contributed by atoms with Crippen LogP contribution in [0.5, 0.6) is 0 Å². The third-order valence-corrected chi connectivity index (χ3v) is 2.04. The number of rotatable bonds is 5. The molecular weight excluding hydrogens is 339 g/mol.